The Hall–Kier alpha value is -1.56. The summed E-state index contributed by atoms with van der Waals surface area (Å²) in [6, 6.07) is 0. The van der Waals surface area contributed by atoms with Crippen LogP contribution in [0.1, 0.15) is 35.8 Å². The van der Waals surface area contributed by atoms with Crippen LogP contribution in [-0.2, 0) is 4.74 Å². The number of aromatic amines is 1. The number of nitrogens with zero attached hydrogens (tertiary/aromatic N) is 2. The Morgan fingerprint density at radius 1 is 1.67 bits per heavy atom. The summed E-state index contributed by atoms with van der Waals surface area (Å²) in [5, 5.41) is 6.60. The van der Waals surface area contributed by atoms with Gasteiger partial charge in [-0.15, -0.1) is 0 Å². The fraction of sp³-hybridized carbons (Fsp3) is 0.667. The second-order valence-electron chi connectivity index (χ2n) is 4.58. The maximum absolute atomic E-state index is 12.4. The Balaban J connectivity index is 2.09. The summed E-state index contributed by atoms with van der Waals surface area (Å²) in [4.78, 5) is 14.2. The van der Waals surface area contributed by atoms with Gasteiger partial charge in [0.1, 0.15) is 5.56 Å². The van der Waals surface area contributed by atoms with Gasteiger partial charge in [0, 0.05) is 25.4 Å². The number of nitrogens with two attached hydrogens (primary N) is 1. The monoisotopic (exact) mass is 252 g/mol. The molecule has 0 spiro atoms. The van der Waals surface area contributed by atoms with Gasteiger partial charge in [-0.3, -0.25) is 9.89 Å². The van der Waals surface area contributed by atoms with Crippen molar-refractivity contribution in [3.63, 3.8) is 0 Å². The summed E-state index contributed by atoms with van der Waals surface area (Å²) in [6.45, 7) is 5.85. The van der Waals surface area contributed by atoms with Crippen molar-refractivity contribution in [3.05, 3.63) is 11.3 Å². The van der Waals surface area contributed by atoms with Gasteiger partial charge in [-0.25, -0.2) is 0 Å². The first-order chi connectivity index (χ1) is 8.63. The van der Waals surface area contributed by atoms with Crippen molar-refractivity contribution in [1.82, 2.24) is 15.1 Å². The van der Waals surface area contributed by atoms with Gasteiger partial charge in [-0.05, 0) is 26.7 Å². The molecule has 0 aromatic carbocycles. The third kappa shape index (κ3) is 2.48. The van der Waals surface area contributed by atoms with Crippen molar-refractivity contribution in [2.45, 2.75) is 32.8 Å². The van der Waals surface area contributed by atoms with Crippen LogP contribution in [0.4, 0.5) is 5.82 Å². The van der Waals surface area contributed by atoms with E-state index in [1.54, 1.807) is 11.8 Å². The normalized spacial score (nSPS) is 20.1. The largest absolute Gasteiger partial charge is 0.382 e. The molecule has 2 rings (SSSR count). The van der Waals surface area contributed by atoms with E-state index in [-0.39, 0.29) is 17.8 Å². The molecule has 2 heterocycles. The number of anilines is 1. The van der Waals surface area contributed by atoms with Gasteiger partial charge in [-0.1, -0.05) is 0 Å². The Labute approximate surface area is 106 Å². The van der Waals surface area contributed by atoms with Gasteiger partial charge >= 0.3 is 0 Å². The van der Waals surface area contributed by atoms with Crippen LogP contribution in [0.25, 0.3) is 0 Å². The molecular weight excluding hydrogens is 232 g/mol. The highest BCUT2D eigenvalue weighted by Crippen LogP contribution is 2.20. The van der Waals surface area contributed by atoms with Gasteiger partial charge in [0.05, 0.1) is 6.10 Å². The molecule has 6 nitrogen and oxygen atoms in total. The summed E-state index contributed by atoms with van der Waals surface area (Å²) < 4.78 is 5.59. The summed E-state index contributed by atoms with van der Waals surface area (Å²) in [5.41, 5.74) is 6.93. The lowest BCUT2D eigenvalue weighted by molar-refractivity contribution is 0.00725. The number of nitrogens with one attached hydrogen (secondary N) is 1. The fourth-order valence-electron chi connectivity index (χ4n) is 2.37. The van der Waals surface area contributed by atoms with Crippen molar-refractivity contribution in [1.29, 1.82) is 0 Å². The molecule has 1 aliphatic heterocycles. The topological polar surface area (TPSA) is 84.2 Å². The number of carbonyl (C=O) groups is 1. The number of ether oxygens (including phenoxy) is 1. The molecule has 18 heavy (non-hydrogen) atoms. The minimum Gasteiger partial charge on any atom is -0.382 e. The molecule has 0 radical (unpaired) electrons. The van der Waals surface area contributed by atoms with Crippen LogP contribution in [0, 0.1) is 6.92 Å². The van der Waals surface area contributed by atoms with Crippen LogP contribution < -0.4 is 5.73 Å². The lowest BCUT2D eigenvalue weighted by Gasteiger charge is -2.32. The standard InChI is InChI=1S/C12H20N4O2/c1-3-18-9-5-4-6-16(7-9)12(17)10-8(2)14-15-11(10)13/h9H,3-7H2,1-2H3,(H3,13,14,15). The van der Waals surface area contributed by atoms with Crippen LogP contribution in [0.15, 0.2) is 0 Å². The average molecular weight is 252 g/mol. The van der Waals surface area contributed by atoms with Gasteiger partial charge in [0.25, 0.3) is 5.91 Å². The van der Waals surface area contributed by atoms with Crippen LogP contribution in [-0.4, -0.2) is 46.8 Å². The number of rotatable bonds is 3. The second-order valence-corrected chi connectivity index (χ2v) is 4.58. The molecule has 100 valence electrons. The molecule has 0 saturated carbocycles. The Morgan fingerprint density at radius 2 is 2.44 bits per heavy atom. The predicted molar refractivity (Wildman–Crippen MR) is 68.3 cm³/mol. The molecule has 1 atom stereocenters. The van der Waals surface area contributed by atoms with E-state index in [0.717, 1.165) is 25.1 Å². The molecule has 1 aliphatic rings. The lowest BCUT2D eigenvalue weighted by atomic mass is 10.1. The first-order valence-electron chi connectivity index (χ1n) is 6.34. The molecule has 1 amide bonds. The third-order valence-electron chi connectivity index (χ3n) is 3.26. The number of likely N-dealkylation sites (tertiary alicyclic amines) is 1. The predicted octanol–water partition coefficient (Wildman–Crippen LogP) is 0.941. The van der Waals surface area contributed by atoms with E-state index in [2.05, 4.69) is 10.2 Å². The maximum Gasteiger partial charge on any atom is 0.259 e. The Kier molecular flexibility index (Phi) is 3.86. The third-order valence-corrected chi connectivity index (χ3v) is 3.26. The van der Waals surface area contributed by atoms with Crippen molar-refractivity contribution >= 4 is 11.7 Å². The number of piperidine rings is 1. The van der Waals surface area contributed by atoms with Crippen molar-refractivity contribution in [2.24, 2.45) is 0 Å². The number of hydrogen-bond donors (Lipinski definition) is 2. The van der Waals surface area contributed by atoms with Crippen LogP contribution in [0.2, 0.25) is 0 Å². The van der Waals surface area contributed by atoms with Crippen molar-refractivity contribution in [3.8, 4) is 0 Å². The number of carbonyl (C=O) groups excluding carboxylic acids is 1. The minimum atomic E-state index is -0.0526. The van der Waals surface area contributed by atoms with E-state index in [9.17, 15) is 4.79 Å². The van der Waals surface area contributed by atoms with Crippen molar-refractivity contribution in [2.75, 3.05) is 25.4 Å². The fourth-order valence-corrected chi connectivity index (χ4v) is 2.37. The Bertz CT molecular complexity index is 408. The molecule has 0 aliphatic carbocycles. The van der Waals surface area contributed by atoms with E-state index < -0.39 is 0 Å². The van der Waals surface area contributed by atoms with Crippen molar-refractivity contribution < 1.29 is 9.53 Å². The highest BCUT2D eigenvalue weighted by molar-refractivity contribution is 5.99. The minimum absolute atomic E-state index is 0.0526. The number of nitrogen functional groups attached to an aromatic ring is 1. The van der Waals surface area contributed by atoms with Gasteiger partial charge in [-0.2, -0.15) is 5.10 Å². The molecular formula is C12H20N4O2. The first kappa shape index (κ1) is 12.9. The summed E-state index contributed by atoms with van der Waals surface area (Å²) in [7, 11) is 0. The van der Waals surface area contributed by atoms with Gasteiger partial charge < -0.3 is 15.4 Å². The molecule has 1 fully saturated rings. The van der Waals surface area contributed by atoms with Gasteiger partial charge in [0.15, 0.2) is 5.82 Å². The Morgan fingerprint density at radius 3 is 3.06 bits per heavy atom. The van der Waals surface area contributed by atoms with E-state index >= 15 is 0 Å². The lowest BCUT2D eigenvalue weighted by Crippen LogP contribution is -2.43. The quantitative estimate of drug-likeness (QED) is 0.838. The average Bonchev–Trinajstić information content (AvgIpc) is 2.69. The summed E-state index contributed by atoms with van der Waals surface area (Å²) in [6.07, 6.45) is 2.12. The second kappa shape index (κ2) is 5.39. The van der Waals surface area contributed by atoms with Crippen LogP contribution >= 0.6 is 0 Å². The van der Waals surface area contributed by atoms with E-state index in [1.165, 1.54) is 0 Å². The molecule has 3 N–H and O–H groups in total. The van der Waals surface area contributed by atoms with Gasteiger partial charge in [0.2, 0.25) is 0 Å². The summed E-state index contributed by atoms with van der Waals surface area (Å²) in [5.74, 6) is 0.221. The highest BCUT2D eigenvalue weighted by atomic mass is 16.5. The number of H-pyrrole nitrogens is 1. The molecule has 1 saturated heterocycles. The molecule has 0 bridgehead atoms. The number of aromatic nitrogens is 2. The van der Waals surface area contributed by atoms with Crippen LogP contribution in [0.3, 0.4) is 0 Å². The summed E-state index contributed by atoms with van der Waals surface area (Å²) >= 11 is 0. The number of aryl methyl sites for hydroxylation is 1. The molecule has 1 unspecified atom stereocenters. The molecule has 1 aromatic rings. The van der Waals surface area contributed by atoms with E-state index in [0.29, 0.717) is 18.7 Å². The maximum atomic E-state index is 12.4. The zero-order valence-electron chi connectivity index (χ0n) is 10.9. The van der Waals surface area contributed by atoms with E-state index in [4.69, 9.17) is 10.5 Å². The SMILES string of the molecule is CCOC1CCCN(C(=O)c2c(N)n[nH]c2C)C1. The zero-order chi connectivity index (χ0) is 13.1. The number of hydrogen-bond acceptors (Lipinski definition) is 4. The smallest absolute Gasteiger partial charge is 0.259 e. The molecule has 1 aromatic heterocycles. The van der Waals surface area contributed by atoms with E-state index in [1.807, 2.05) is 6.92 Å². The molecule has 6 heteroatoms. The highest BCUT2D eigenvalue weighted by Gasteiger charge is 2.27. The van der Waals surface area contributed by atoms with Crippen LogP contribution in [0.5, 0.6) is 0 Å². The number of amides is 1. The zero-order valence-corrected chi connectivity index (χ0v) is 10.9. The first-order valence-corrected chi connectivity index (χ1v) is 6.34.